The Morgan fingerprint density at radius 2 is 2.04 bits per heavy atom. The Balaban J connectivity index is 1.91. The van der Waals surface area contributed by atoms with Crippen LogP contribution in [0.3, 0.4) is 0 Å². The molecular formula is C17H16ClFN2OS. The smallest absolute Gasteiger partial charge is 0.221 e. The van der Waals surface area contributed by atoms with E-state index in [1.54, 1.807) is 6.07 Å². The Bertz CT molecular complexity index is 767. The van der Waals surface area contributed by atoms with Crippen LogP contribution >= 0.6 is 23.4 Å². The van der Waals surface area contributed by atoms with Gasteiger partial charge in [-0.25, -0.2) is 9.37 Å². The van der Waals surface area contributed by atoms with E-state index in [0.29, 0.717) is 16.3 Å². The van der Waals surface area contributed by atoms with Crippen molar-refractivity contribution in [1.29, 1.82) is 5.41 Å². The van der Waals surface area contributed by atoms with Gasteiger partial charge in [0.15, 0.2) is 0 Å². The van der Waals surface area contributed by atoms with E-state index >= 15 is 0 Å². The van der Waals surface area contributed by atoms with Crippen molar-refractivity contribution in [2.45, 2.75) is 36.5 Å². The number of pyridine rings is 1. The van der Waals surface area contributed by atoms with Gasteiger partial charge in [0.05, 0.1) is 5.56 Å². The van der Waals surface area contributed by atoms with Crippen molar-refractivity contribution in [2.24, 2.45) is 0 Å². The van der Waals surface area contributed by atoms with Gasteiger partial charge in [-0.3, -0.25) is 0 Å². The highest BCUT2D eigenvalue weighted by atomic mass is 35.5. The SMILES string of the molecule is N=Cc1c(O)nc(SCc2ccc(F)cc2Cl)c2c1CCCC2. The molecule has 23 heavy (non-hydrogen) atoms. The third-order valence-corrected chi connectivity index (χ3v) is 5.44. The third kappa shape index (κ3) is 3.35. The zero-order chi connectivity index (χ0) is 16.4. The molecule has 1 aromatic carbocycles. The van der Waals surface area contributed by atoms with Gasteiger partial charge in [0, 0.05) is 17.0 Å². The number of nitrogens with one attached hydrogen (secondary N) is 1. The molecular weight excluding hydrogens is 335 g/mol. The van der Waals surface area contributed by atoms with Crippen molar-refractivity contribution in [1.82, 2.24) is 4.98 Å². The number of halogens is 2. The monoisotopic (exact) mass is 350 g/mol. The minimum absolute atomic E-state index is 0.0895. The van der Waals surface area contributed by atoms with Crippen molar-refractivity contribution in [3.8, 4) is 5.88 Å². The predicted octanol–water partition coefficient (Wildman–Crippen LogP) is 4.75. The summed E-state index contributed by atoms with van der Waals surface area (Å²) in [6.07, 6.45) is 5.09. The summed E-state index contributed by atoms with van der Waals surface area (Å²) in [7, 11) is 0. The molecule has 0 spiro atoms. The molecule has 6 heteroatoms. The minimum Gasteiger partial charge on any atom is -0.493 e. The molecule has 0 amide bonds. The standard InChI is InChI=1S/C17H16ClFN2OS/c18-15-7-11(19)6-5-10(15)9-23-17-13-4-2-1-3-12(13)14(8-20)16(22)21-17/h5-8,20H,1-4,9H2,(H,21,22). The lowest BCUT2D eigenvalue weighted by molar-refractivity contribution is 0.443. The molecule has 0 bridgehead atoms. The molecule has 1 aromatic heterocycles. The molecule has 3 rings (SSSR count). The highest BCUT2D eigenvalue weighted by Crippen LogP contribution is 2.36. The Morgan fingerprint density at radius 1 is 1.30 bits per heavy atom. The number of benzene rings is 1. The van der Waals surface area contributed by atoms with Gasteiger partial charge in [0.1, 0.15) is 10.8 Å². The molecule has 2 aromatic rings. The summed E-state index contributed by atoms with van der Waals surface area (Å²) in [6.45, 7) is 0. The van der Waals surface area contributed by atoms with E-state index < -0.39 is 0 Å². The van der Waals surface area contributed by atoms with Gasteiger partial charge in [0.2, 0.25) is 5.88 Å². The molecule has 120 valence electrons. The summed E-state index contributed by atoms with van der Waals surface area (Å²) in [6, 6.07) is 4.36. The number of fused-ring (bicyclic) bond motifs is 1. The molecule has 3 nitrogen and oxygen atoms in total. The van der Waals surface area contributed by atoms with E-state index in [2.05, 4.69) is 4.98 Å². The largest absolute Gasteiger partial charge is 0.493 e. The van der Waals surface area contributed by atoms with Crippen LogP contribution in [0.1, 0.15) is 35.1 Å². The van der Waals surface area contributed by atoms with Crippen LogP contribution in [-0.2, 0) is 18.6 Å². The third-order valence-electron chi connectivity index (χ3n) is 4.02. The Hall–Kier alpha value is -1.59. The zero-order valence-corrected chi connectivity index (χ0v) is 14.0. The van der Waals surface area contributed by atoms with Crippen molar-refractivity contribution < 1.29 is 9.50 Å². The number of thioether (sulfide) groups is 1. The van der Waals surface area contributed by atoms with E-state index in [4.69, 9.17) is 17.0 Å². The maximum atomic E-state index is 13.1. The number of aromatic nitrogens is 1. The van der Waals surface area contributed by atoms with Crippen LogP contribution in [0.4, 0.5) is 4.39 Å². The van der Waals surface area contributed by atoms with Crippen LogP contribution in [0, 0.1) is 11.2 Å². The second kappa shape index (κ2) is 6.89. The van der Waals surface area contributed by atoms with Crippen molar-refractivity contribution >= 4 is 29.6 Å². The lowest BCUT2D eigenvalue weighted by Crippen LogP contribution is -2.10. The van der Waals surface area contributed by atoms with E-state index in [0.717, 1.165) is 47.4 Å². The molecule has 1 heterocycles. The van der Waals surface area contributed by atoms with Gasteiger partial charge in [-0.15, -0.1) is 11.8 Å². The van der Waals surface area contributed by atoms with Gasteiger partial charge < -0.3 is 10.5 Å². The molecule has 0 unspecified atom stereocenters. The first-order valence-electron chi connectivity index (χ1n) is 7.42. The quantitative estimate of drug-likeness (QED) is 0.618. The topological polar surface area (TPSA) is 57.0 Å². The average molecular weight is 351 g/mol. The minimum atomic E-state index is -0.354. The normalized spacial score (nSPS) is 13.7. The molecule has 0 saturated carbocycles. The van der Waals surface area contributed by atoms with E-state index in [1.807, 2.05) is 0 Å². The van der Waals surface area contributed by atoms with Gasteiger partial charge in [0.25, 0.3) is 0 Å². The van der Waals surface area contributed by atoms with Crippen LogP contribution in [0.2, 0.25) is 5.02 Å². The van der Waals surface area contributed by atoms with Crippen molar-refractivity contribution in [3.63, 3.8) is 0 Å². The number of aromatic hydroxyl groups is 1. The summed E-state index contributed by atoms with van der Waals surface area (Å²) in [5.41, 5.74) is 3.52. The second-order valence-electron chi connectivity index (χ2n) is 5.49. The predicted molar refractivity (Wildman–Crippen MR) is 91.4 cm³/mol. The van der Waals surface area contributed by atoms with Crippen LogP contribution in [0.25, 0.3) is 0 Å². The maximum Gasteiger partial charge on any atom is 0.221 e. The van der Waals surface area contributed by atoms with E-state index in [9.17, 15) is 9.50 Å². The fourth-order valence-corrected chi connectivity index (χ4v) is 4.26. The fourth-order valence-electron chi connectivity index (χ4n) is 2.85. The number of rotatable bonds is 4. The van der Waals surface area contributed by atoms with Crippen molar-refractivity contribution in [2.75, 3.05) is 0 Å². The first-order valence-corrected chi connectivity index (χ1v) is 8.78. The van der Waals surface area contributed by atoms with Gasteiger partial charge >= 0.3 is 0 Å². The Morgan fingerprint density at radius 3 is 2.74 bits per heavy atom. The first-order chi connectivity index (χ1) is 11.1. The van der Waals surface area contributed by atoms with E-state index in [-0.39, 0.29) is 11.7 Å². The number of hydrogen-bond acceptors (Lipinski definition) is 4. The molecule has 0 aliphatic heterocycles. The molecule has 0 saturated heterocycles. The fraction of sp³-hybridized carbons (Fsp3) is 0.294. The lowest BCUT2D eigenvalue weighted by atomic mass is 9.90. The Labute approximate surface area is 143 Å². The molecule has 0 atom stereocenters. The highest BCUT2D eigenvalue weighted by Gasteiger charge is 2.21. The molecule has 2 N–H and O–H groups in total. The number of nitrogens with zero attached hydrogens (tertiary/aromatic N) is 1. The average Bonchev–Trinajstić information content (AvgIpc) is 2.54. The first kappa shape index (κ1) is 16.3. The second-order valence-corrected chi connectivity index (χ2v) is 6.86. The molecule has 0 fully saturated rings. The molecule has 1 aliphatic carbocycles. The highest BCUT2D eigenvalue weighted by molar-refractivity contribution is 7.98. The summed E-state index contributed by atoms with van der Waals surface area (Å²) >= 11 is 7.55. The van der Waals surface area contributed by atoms with Crippen LogP contribution in [0.5, 0.6) is 5.88 Å². The van der Waals surface area contributed by atoms with E-state index in [1.165, 1.54) is 30.1 Å². The summed E-state index contributed by atoms with van der Waals surface area (Å²) in [5.74, 6) is 0.114. The maximum absolute atomic E-state index is 13.1. The van der Waals surface area contributed by atoms with Crippen LogP contribution in [-0.4, -0.2) is 16.3 Å². The zero-order valence-electron chi connectivity index (χ0n) is 12.4. The van der Waals surface area contributed by atoms with Gasteiger partial charge in [-0.05, 0) is 54.5 Å². The lowest BCUT2D eigenvalue weighted by Gasteiger charge is -2.21. The molecule has 0 radical (unpaired) electrons. The summed E-state index contributed by atoms with van der Waals surface area (Å²) in [5, 5.41) is 18.8. The van der Waals surface area contributed by atoms with Crippen LogP contribution < -0.4 is 0 Å². The van der Waals surface area contributed by atoms with Gasteiger partial charge in [-0.2, -0.15) is 0 Å². The summed E-state index contributed by atoms with van der Waals surface area (Å²) < 4.78 is 13.1. The summed E-state index contributed by atoms with van der Waals surface area (Å²) in [4.78, 5) is 4.27. The van der Waals surface area contributed by atoms with Gasteiger partial charge in [-0.1, -0.05) is 17.7 Å². The van der Waals surface area contributed by atoms with Crippen molar-refractivity contribution in [3.05, 3.63) is 51.3 Å². The van der Waals surface area contributed by atoms with Crippen LogP contribution in [0.15, 0.2) is 23.2 Å². The Kier molecular flexibility index (Phi) is 4.87. The molecule has 1 aliphatic rings. The number of hydrogen-bond donors (Lipinski definition) is 2.